The first kappa shape index (κ1) is 34.3. The van der Waals surface area contributed by atoms with E-state index in [-0.39, 0.29) is 5.41 Å². The number of fused-ring (bicyclic) bond motifs is 9. The highest BCUT2D eigenvalue weighted by Gasteiger charge is 2.35. The van der Waals surface area contributed by atoms with Gasteiger partial charge in [0.15, 0.2) is 17.5 Å². The fourth-order valence-corrected chi connectivity index (χ4v) is 9.43. The molecule has 5 heteroatoms. The van der Waals surface area contributed by atoms with Gasteiger partial charge in [-0.1, -0.05) is 166 Å². The van der Waals surface area contributed by atoms with Crippen molar-refractivity contribution in [2.45, 2.75) is 19.3 Å². The predicted octanol–water partition coefficient (Wildman–Crippen LogP) is 14.1. The van der Waals surface area contributed by atoms with Crippen LogP contribution in [0.25, 0.3) is 111 Å². The minimum absolute atomic E-state index is 0.154. The second kappa shape index (κ2) is 13.1. The number of furan rings is 1. The van der Waals surface area contributed by atoms with Gasteiger partial charge in [-0.25, -0.2) is 19.9 Å². The lowest BCUT2D eigenvalue weighted by molar-refractivity contribution is 0.660. The van der Waals surface area contributed by atoms with E-state index in [0.717, 1.165) is 82.7 Å². The molecule has 0 fully saturated rings. The van der Waals surface area contributed by atoms with Crippen LogP contribution < -0.4 is 0 Å². The van der Waals surface area contributed by atoms with E-state index in [4.69, 9.17) is 24.4 Å². The molecule has 0 bridgehead atoms. The molecule has 0 N–H and O–H groups in total. The quantitative estimate of drug-likeness (QED) is 0.163. The number of hydrogen-bond donors (Lipinski definition) is 0. The van der Waals surface area contributed by atoms with Gasteiger partial charge in [-0.15, -0.1) is 0 Å². The van der Waals surface area contributed by atoms with Crippen molar-refractivity contribution in [3.8, 4) is 67.7 Å². The Labute approximate surface area is 346 Å². The Kier molecular flexibility index (Phi) is 7.51. The minimum Gasteiger partial charge on any atom is -0.456 e. The molecular formula is C55H36N4O. The van der Waals surface area contributed by atoms with Crippen molar-refractivity contribution < 1.29 is 4.42 Å². The van der Waals surface area contributed by atoms with Crippen molar-refractivity contribution >= 4 is 43.6 Å². The lowest BCUT2D eigenvalue weighted by Crippen LogP contribution is -2.15. The summed E-state index contributed by atoms with van der Waals surface area (Å²) in [5, 5.41) is 5.44. The molecule has 0 saturated heterocycles. The maximum atomic E-state index is 6.63. The smallest absolute Gasteiger partial charge is 0.164 e. The van der Waals surface area contributed by atoms with Crippen LogP contribution in [0.15, 0.2) is 186 Å². The van der Waals surface area contributed by atoms with Gasteiger partial charge in [-0.2, -0.15) is 0 Å². The zero-order chi connectivity index (χ0) is 40.0. The molecule has 0 saturated carbocycles. The van der Waals surface area contributed by atoms with Crippen molar-refractivity contribution in [2.24, 2.45) is 0 Å². The molecule has 0 spiro atoms. The Balaban J connectivity index is 1.08. The summed E-state index contributed by atoms with van der Waals surface area (Å²) in [6.45, 7) is 4.60. The summed E-state index contributed by atoms with van der Waals surface area (Å²) in [6.07, 6.45) is 0. The lowest BCUT2D eigenvalue weighted by Gasteiger charge is -2.21. The zero-order valence-electron chi connectivity index (χ0n) is 33.0. The first-order valence-corrected chi connectivity index (χ1v) is 20.4. The second-order valence-electron chi connectivity index (χ2n) is 16.2. The van der Waals surface area contributed by atoms with Crippen LogP contribution in [-0.2, 0) is 5.41 Å². The number of pyridine rings is 1. The average Bonchev–Trinajstić information content (AvgIpc) is 3.79. The fourth-order valence-electron chi connectivity index (χ4n) is 9.43. The SMILES string of the molecule is CC1(C)c2ccccc2-c2ccc(-c3nc(-c4ccccc4)nc(-c4cccc(-c5nc6ccccc6c6c(-c7ccccc7)c7c(cc56)oc5ccccc57)c4)n3)cc21. The second-order valence-corrected chi connectivity index (χ2v) is 16.2. The van der Waals surface area contributed by atoms with Gasteiger partial charge in [0.25, 0.3) is 0 Å². The Bertz CT molecular complexity index is 3520. The van der Waals surface area contributed by atoms with Crippen LogP contribution >= 0.6 is 0 Å². The maximum Gasteiger partial charge on any atom is 0.164 e. The number of para-hydroxylation sites is 2. The van der Waals surface area contributed by atoms with E-state index in [2.05, 4.69) is 166 Å². The molecule has 3 aromatic heterocycles. The molecule has 60 heavy (non-hydrogen) atoms. The Morgan fingerprint density at radius 2 is 0.983 bits per heavy atom. The van der Waals surface area contributed by atoms with Crippen LogP contribution in [0.4, 0.5) is 0 Å². The highest BCUT2D eigenvalue weighted by molar-refractivity contribution is 6.27. The van der Waals surface area contributed by atoms with Gasteiger partial charge in [-0.05, 0) is 58.1 Å². The van der Waals surface area contributed by atoms with Crippen LogP contribution in [0.5, 0.6) is 0 Å². The van der Waals surface area contributed by atoms with Crippen LogP contribution in [0.1, 0.15) is 25.0 Å². The van der Waals surface area contributed by atoms with Gasteiger partial charge < -0.3 is 4.42 Å². The third kappa shape index (κ3) is 5.26. The molecule has 3 heterocycles. The molecule has 1 aliphatic rings. The van der Waals surface area contributed by atoms with Crippen LogP contribution in [0.3, 0.4) is 0 Å². The van der Waals surface area contributed by atoms with E-state index in [9.17, 15) is 0 Å². The summed E-state index contributed by atoms with van der Waals surface area (Å²) in [4.78, 5) is 20.9. The van der Waals surface area contributed by atoms with Crippen molar-refractivity contribution in [1.29, 1.82) is 0 Å². The predicted molar refractivity (Wildman–Crippen MR) is 245 cm³/mol. The molecule has 5 nitrogen and oxygen atoms in total. The summed E-state index contributed by atoms with van der Waals surface area (Å²) in [7, 11) is 0. The Morgan fingerprint density at radius 1 is 0.383 bits per heavy atom. The van der Waals surface area contributed by atoms with E-state index in [0.29, 0.717) is 17.5 Å². The van der Waals surface area contributed by atoms with Gasteiger partial charge in [0.2, 0.25) is 0 Å². The standard InChI is InChI=1S/C55H36N4O/c1-55(2)43-25-12-9-22-38(43)39-29-28-37(31-44(39)55)54-58-52(34-18-7-4-8-19-34)57-53(59-54)36-21-15-20-35(30-36)51-42-32-47-50(41-24-11-14-27-46(41)60-47)48(33-16-5-3-6-17-33)49(42)40-23-10-13-26-45(40)56-51/h3-32H,1-2H3. The van der Waals surface area contributed by atoms with Gasteiger partial charge in [0.1, 0.15) is 11.2 Å². The minimum atomic E-state index is -0.154. The first-order valence-electron chi connectivity index (χ1n) is 20.4. The maximum absolute atomic E-state index is 6.63. The van der Waals surface area contributed by atoms with Crippen LogP contribution in [0, 0.1) is 0 Å². The Morgan fingerprint density at radius 3 is 1.78 bits per heavy atom. The zero-order valence-corrected chi connectivity index (χ0v) is 33.0. The summed E-state index contributed by atoms with van der Waals surface area (Å²) in [5.41, 5.74) is 14.4. The van der Waals surface area contributed by atoms with Gasteiger partial charge in [-0.3, -0.25) is 0 Å². The largest absolute Gasteiger partial charge is 0.456 e. The van der Waals surface area contributed by atoms with E-state index >= 15 is 0 Å². The molecule has 282 valence electrons. The monoisotopic (exact) mass is 768 g/mol. The van der Waals surface area contributed by atoms with Crippen LogP contribution in [-0.4, -0.2) is 19.9 Å². The number of rotatable bonds is 5. The van der Waals surface area contributed by atoms with Crippen molar-refractivity contribution in [2.75, 3.05) is 0 Å². The van der Waals surface area contributed by atoms with Crippen molar-refractivity contribution in [1.82, 2.24) is 19.9 Å². The summed E-state index contributed by atoms with van der Waals surface area (Å²) >= 11 is 0. The number of nitrogens with zero attached hydrogens (tertiary/aromatic N) is 4. The van der Waals surface area contributed by atoms with Gasteiger partial charge in [0, 0.05) is 60.2 Å². The molecule has 0 atom stereocenters. The van der Waals surface area contributed by atoms with E-state index < -0.39 is 0 Å². The number of hydrogen-bond acceptors (Lipinski definition) is 5. The number of aromatic nitrogens is 4. The number of benzene rings is 8. The third-order valence-electron chi connectivity index (χ3n) is 12.3. The van der Waals surface area contributed by atoms with E-state index in [1.54, 1.807) is 0 Å². The fraction of sp³-hybridized carbons (Fsp3) is 0.0545. The normalized spacial score (nSPS) is 13.0. The molecule has 0 aliphatic heterocycles. The lowest BCUT2D eigenvalue weighted by atomic mass is 9.82. The summed E-state index contributed by atoms with van der Waals surface area (Å²) in [5.74, 6) is 1.85. The van der Waals surface area contributed by atoms with E-state index in [1.807, 2.05) is 30.3 Å². The molecular weight excluding hydrogens is 733 g/mol. The highest BCUT2D eigenvalue weighted by atomic mass is 16.3. The molecule has 8 aromatic carbocycles. The average molecular weight is 769 g/mol. The first-order chi connectivity index (χ1) is 29.5. The Hall–Kier alpha value is -7.76. The molecule has 0 amide bonds. The van der Waals surface area contributed by atoms with E-state index in [1.165, 1.54) is 22.3 Å². The van der Waals surface area contributed by atoms with Crippen LogP contribution in [0.2, 0.25) is 0 Å². The van der Waals surface area contributed by atoms with Gasteiger partial charge >= 0.3 is 0 Å². The topological polar surface area (TPSA) is 64.7 Å². The summed E-state index contributed by atoms with van der Waals surface area (Å²) < 4.78 is 6.63. The molecule has 1 aliphatic carbocycles. The molecule has 11 aromatic rings. The molecule has 0 unspecified atom stereocenters. The third-order valence-corrected chi connectivity index (χ3v) is 12.3. The van der Waals surface area contributed by atoms with Gasteiger partial charge in [0.05, 0.1) is 11.2 Å². The highest BCUT2D eigenvalue weighted by Crippen LogP contribution is 2.50. The summed E-state index contributed by atoms with van der Waals surface area (Å²) in [6, 6.07) is 63.6. The molecule has 0 radical (unpaired) electrons. The molecule has 12 rings (SSSR count). The van der Waals surface area contributed by atoms with Crippen molar-refractivity contribution in [3.05, 3.63) is 193 Å². The van der Waals surface area contributed by atoms with Crippen molar-refractivity contribution in [3.63, 3.8) is 0 Å².